The number of thioether (sulfide) groups is 1. The molecule has 2 heterocycles. The molecule has 0 amide bonds. The number of aromatic nitrogens is 3. The Morgan fingerprint density at radius 1 is 1.00 bits per heavy atom. The summed E-state index contributed by atoms with van der Waals surface area (Å²) in [5.41, 5.74) is 1.27. The van der Waals surface area contributed by atoms with E-state index in [0.717, 1.165) is 20.3 Å². The van der Waals surface area contributed by atoms with Crippen molar-refractivity contribution in [3.63, 3.8) is 0 Å². The molecule has 28 heavy (non-hydrogen) atoms. The zero-order chi connectivity index (χ0) is 19.7. The van der Waals surface area contributed by atoms with Gasteiger partial charge in [-0.05, 0) is 24.3 Å². The van der Waals surface area contributed by atoms with E-state index >= 15 is 0 Å². The SMILES string of the molecule is COc1ccc2nc(SCc3nc4cc(OC)c(OC)cc4c(=O)[nH]3)sc2c1. The first-order valence-electron chi connectivity index (χ1n) is 8.33. The summed E-state index contributed by atoms with van der Waals surface area (Å²) in [5, 5.41) is 0.457. The largest absolute Gasteiger partial charge is 0.497 e. The molecule has 9 heteroatoms. The number of methoxy groups -OCH3 is 3. The highest BCUT2D eigenvalue weighted by atomic mass is 32.2. The van der Waals surface area contributed by atoms with E-state index in [9.17, 15) is 4.79 Å². The average Bonchev–Trinajstić information content (AvgIpc) is 3.13. The van der Waals surface area contributed by atoms with Gasteiger partial charge in [-0.2, -0.15) is 0 Å². The third kappa shape index (κ3) is 3.50. The number of nitrogens with one attached hydrogen (secondary N) is 1. The van der Waals surface area contributed by atoms with Crippen LogP contribution in [-0.4, -0.2) is 36.3 Å². The molecule has 4 rings (SSSR count). The molecule has 4 aromatic rings. The molecule has 144 valence electrons. The lowest BCUT2D eigenvalue weighted by atomic mass is 10.2. The fourth-order valence-corrected chi connectivity index (χ4v) is 4.75. The van der Waals surface area contributed by atoms with Crippen LogP contribution in [0.1, 0.15) is 5.82 Å². The fourth-order valence-electron chi connectivity index (χ4n) is 2.79. The molecular formula is C19H17N3O4S2. The van der Waals surface area contributed by atoms with Crippen LogP contribution in [-0.2, 0) is 5.75 Å². The van der Waals surface area contributed by atoms with Crippen molar-refractivity contribution in [3.05, 3.63) is 46.5 Å². The summed E-state index contributed by atoms with van der Waals surface area (Å²) in [7, 11) is 4.73. The molecule has 0 saturated carbocycles. The summed E-state index contributed by atoms with van der Waals surface area (Å²) in [6.45, 7) is 0. The van der Waals surface area contributed by atoms with Gasteiger partial charge in [-0.3, -0.25) is 4.79 Å². The third-order valence-corrected chi connectivity index (χ3v) is 6.34. The van der Waals surface area contributed by atoms with Crippen LogP contribution >= 0.6 is 23.1 Å². The number of hydrogen-bond donors (Lipinski definition) is 1. The van der Waals surface area contributed by atoms with Gasteiger partial charge in [0.05, 0.1) is 48.2 Å². The maximum atomic E-state index is 12.5. The molecule has 0 aliphatic rings. The second-order valence-electron chi connectivity index (χ2n) is 5.84. The van der Waals surface area contributed by atoms with E-state index in [1.54, 1.807) is 37.7 Å². The zero-order valence-corrected chi connectivity index (χ0v) is 17.1. The van der Waals surface area contributed by atoms with E-state index in [4.69, 9.17) is 14.2 Å². The summed E-state index contributed by atoms with van der Waals surface area (Å²) in [6, 6.07) is 9.14. The highest BCUT2D eigenvalue weighted by Crippen LogP contribution is 2.33. The highest BCUT2D eigenvalue weighted by Gasteiger charge is 2.12. The quantitative estimate of drug-likeness (QED) is 0.479. The van der Waals surface area contributed by atoms with Gasteiger partial charge in [-0.15, -0.1) is 11.3 Å². The Morgan fingerprint density at radius 3 is 2.54 bits per heavy atom. The van der Waals surface area contributed by atoms with E-state index in [1.165, 1.54) is 18.9 Å². The Kier molecular flexibility index (Phi) is 5.10. The summed E-state index contributed by atoms with van der Waals surface area (Å²) < 4.78 is 17.8. The van der Waals surface area contributed by atoms with Crippen LogP contribution in [0.3, 0.4) is 0 Å². The molecule has 0 spiro atoms. The minimum Gasteiger partial charge on any atom is -0.497 e. The number of benzene rings is 2. The lowest BCUT2D eigenvalue weighted by Crippen LogP contribution is -2.11. The smallest absolute Gasteiger partial charge is 0.258 e. The molecule has 7 nitrogen and oxygen atoms in total. The van der Waals surface area contributed by atoms with Gasteiger partial charge in [0.25, 0.3) is 5.56 Å². The Morgan fingerprint density at radius 2 is 1.79 bits per heavy atom. The molecule has 0 atom stereocenters. The van der Waals surface area contributed by atoms with Gasteiger partial charge in [0.2, 0.25) is 0 Å². The maximum Gasteiger partial charge on any atom is 0.258 e. The molecule has 0 saturated heterocycles. The predicted molar refractivity (Wildman–Crippen MR) is 111 cm³/mol. The zero-order valence-electron chi connectivity index (χ0n) is 15.4. The minimum atomic E-state index is -0.212. The van der Waals surface area contributed by atoms with Crippen LogP contribution in [0, 0.1) is 0 Å². The first-order valence-corrected chi connectivity index (χ1v) is 10.1. The molecular weight excluding hydrogens is 398 g/mol. The summed E-state index contributed by atoms with van der Waals surface area (Å²) >= 11 is 3.11. The van der Waals surface area contributed by atoms with Gasteiger partial charge >= 0.3 is 0 Å². The van der Waals surface area contributed by atoms with E-state index in [2.05, 4.69) is 15.0 Å². The van der Waals surface area contributed by atoms with Gasteiger partial charge in [0.1, 0.15) is 11.6 Å². The van der Waals surface area contributed by atoms with Crippen LogP contribution in [0.4, 0.5) is 0 Å². The summed E-state index contributed by atoms with van der Waals surface area (Å²) in [6.07, 6.45) is 0. The van der Waals surface area contributed by atoms with Crippen LogP contribution in [0.25, 0.3) is 21.1 Å². The van der Waals surface area contributed by atoms with Gasteiger partial charge in [0.15, 0.2) is 15.8 Å². The Hall–Kier alpha value is -2.78. The third-order valence-electron chi connectivity index (χ3n) is 4.17. The van der Waals surface area contributed by atoms with Crippen molar-refractivity contribution in [3.8, 4) is 17.2 Å². The Bertz CT molecular complexity index is 1220. The number of fused-ring (bicyclic) bond motifs is 2. The molecule has 2 aromatic heterocycles. The second kappa shape index (κ2) is 7.69. The maximum absolute atomic E-state index is 12.5. The number of nitrogens with zero attached hydrogens (tertiary/aromatic N) is 2. The number of thiazole rings is 1. The highest BCUT2D eigenvalue weighted by molar-refractivity contribution is 8.00. The second-order valence-corrected chi connectivity index (χ2v) is 8.09. The van der Waals surface area contributed by atoms with E-state index < -0.39 is 0 Å². The molecule has 1 N–H and O–H groups in total. The van der Waals surface area contributed by atoms with Crippen LogP contribution in [0.15, 0.2) is 39.5 Å². The Balaban J connectivity index is 1.62. The molecule has 0 aliphatic carbocycles. The molecule has 2 aromatic carbocycles. The van der Waals surface area contributed by atoms with Crippen LogP contribution in [0.5, 0.6) is 17.2 Å². The van der Waals surface area contributed by atoms with E-state index in [-0.39, 0.29) is 5.56 Å². The van der Waals surface area contributed by atoms with Crippen molar-refractivity contribution in [2.75, 3.05) is 21.3 Å². The molecule has 0 unspecified atom stereocenters. The van der Waals surface area contributed by atoms with Crippen molar-refractivity contribution in [1.82, 2.24) is 15.0 Å². The van der Waals surface area contributed by atoms with Crippen molar-refractivity contribution in [1.29, 1.82) is 0 Å². The topological polar surface area (TPSA) is 86.3 Å². The minimum absolute atomic E-state index is 0.212. The number of ether oxygens (including phenoxy) is 3. The molecule has 0 bridgehead atoms. The monoisotopic (exact) mass is 415 g/mol. The molecule has 0 fully saturated rings. The normalized spacial score (nSPS) is 11.1. The van der Waals surface area contributed by atoms with Gasteiger partial charge < -0.3 is 19.2 Å². The van der Waals surface area contributed by atoms with Crippen molar-refractivity contribution >= 4 is 44.2 Å². The fraction of sp³-hybridized carbons (Fsp3) is 0.211. The summed E-state index contributed by atoms with van der Waals surface area (Å²) in [4.78, 5) is 24.5. The standard InChI is InChI=1S/C19H17N3O4S2/c1-24-10-4-5-12-16(6-10)28-19(21-12)27-9-17-20-13-8-15(26-3)14(25-2)7-11(13)18(23)22-17/h4-8H,9H2,1-3H3,(H,20,22,23). The lowest BCUT2D eigenvalue weighted by Gasteiger charge is -2.09. The van der Waals surface area contributed by atoms with Crippen molar-refractivity contribution < 1.29 is 14.2 Å². The van der Waals surface area contributed by atoms with Gasteiger partial charge in [0, 0.05) is 6.07 Å². The van der Waals surface area contributed by atoms with E-state index in [1.807, 2.05) is 18.2 Å². The van der Waals surface area contributed by atoms with Crippen molar-refractivity contribution in [2.24, 2.45) is 0 Å². The van der Waals surface area contributed by atoms with Crippen LogP contribution < -0.4 is 19.8 Å². The first kappa shape index (κ1) is 18.6. The number of H-pyrrole nitrogens is 1. The number of hydrogen-bond acceptors (Lipinski definition) is 8. The predicted octanol–water partition coefficient (Wildman–Crippen LogP) is 3.85. The molecule has 0 radical (unpaired) electrons. The van der Waals surface area contributed by atoms with Crippen LogP contribution in [0.2, 0.25) is 0 Å². The number of rotatable bonds is 6. The number of aromatic amines is 1. The van der Waals surface area contributed by atoms with Crippen molar-refractivity contribution in [2.45, 2.75) is 10.1 Å². The Labute approximate surface area is 168 Å². The summed E-state index contributed by atoms with van der Waals surface area (Å²) in [5.74, 6) is 2.90. The van der Waals surface area contributed by atoms with E-state index in [0.29, 0.717) is 34.0 Å². The average molecular weight is 415 g/mol. The van der Waals surface area contributed by atoms with Gasteiger partial charge in [-0.25, -0.2) is 9.97 Å². The molecule has 0 aliphatic heterocycles. The first-order chi connectivity index (χ1) is 13.6. The van der Waals surface area contributed by atoms with Gasteiger partial charge in [-0.1, -0.05) is 11.8 Å². The lowest BCUT2D eigenvalue weighted by molar-refractivity contribution is 0.355.